The van der Waals surface area contributed by atoms with Crippen LogP contribution in [0.25, 0.3) is 0 Å². The first-order valence-corrected chi connectivity index (χ1v) is 7.02. The second kappa shape index (κ2) is 6.01. The topological polar surface area (TPSA) is 47.0 Å². The van der Waals surface area contributed by atoms with Crippen LogP contribution < -0.4 is 10.1 Å². The average Bonchev–Trinajstić information content (AvgIpc) is 3.30. The van der Waals surface area contributed by atoms with E-state index in [-0.39, 0.29) is 0 Å². The summed E-state index contributed by atoms with van der Waals surface area (Å²) in [5.74, 6) is 0.775. The lowest BCUT2D eigenvalue weighted by Gasteiger charge is -2.07. The molecule has 1 saturated carbocycles. The summed E-state index contributed by atoms with van der Waals surface area (Å²) in [5.41, 5.74) is 3.14. The van der Waals surface area contributed by atoms with Gasteiger partial charge in [0.1, 0.15) is 12.4 Å². The number of nitrogens with zero attached hydrogens (tertiary/aromatic N) is 2. The van der Waals surface area contributed by atoms with Crippen LogP contribution in [-0.2, 0) is 13.2 Å². The van der Waals surface area contributed by atoms with Crippen molar-refractivity contribution in [3.8, 4) is 5.75 Å². The van der Waals surface area contributed by atoms with Crippen LogP contribution in [0.3, 0.4) is 0 Å². The van der Waals surface area contributed by atoms with Crippen molar-refractivity contribution in [2.24, 2.45) is 0 Å². The summed E-state index contributed by atoms with van der Waals surface area (Å²) in [7, 11) is 0. The minimum atomic E-state index is 0.473. The Kier molecular flexibility index (Phi) is 3.92. The summed E-state index contributed by atoms with van der Waals surface area (Å²) in [6, 6.07) is 8.72. The first kappa shape index (κ1) is 13.1. The largest absolute Gasteiger partial charge is 0.486 e. The van der Waals surface area contributed by atoms with Crippen LogP contribution in [0, 0.1) is 6.92 Å². The Bertz CT molecular complexity index is 547. The quantitative estimate of drug-likeness (QED) is 0.875. The fraction of sp³-hybridized carbons (Fsp3) is 0.375. The lowest BCUT2D eigenvalue weighted by molar-refractivity contribution is 0.300. The summed E-state index contributed by atoms with van der Waals surface area (Å²) in [6.45, 7) is 3.33. The van der Waals surface area contributed by atoms with Gasteiger partial charge in [0, 0.05) is 24.5 Å². The molecule has 0 unspecified atom stereocenters. The van der Waals surface area contributed by atoms with Gasteiger partial charge in [0.15, 0.2) is 0 Å². The predicted octanol–water partition coefficient (Wildman–Crippen LogP) is 2.62. The third-order valence-electron chi connectivity index (χ3n) is 3.33. The van der Waals surface area contributed by atoms with Crippen molar-refractivity contribution in [2.45, 2.75) is 39.0 Å². The van der Waals surface area contributed by atoms with E-state index in [9.17, 15) is 0 Å². The highest BCUT2D eigenvalue weighted by molar-refractivity contribution is 5.20. The van der Waals surface area contributed by atoms with Crippen molar-refractivity contribution in [3.63, 3.8) is 0 Å². The first-order valence-electron chi connectivity index (χ1n) is 7.02. The van der Waals surface area contributed by atoms with E-state index in [0.29, 0.717) is 6.61 Å². The Morgan fingerprint density at radius 2 is 2.05 bits per heavy atom. The molecule has 4 heteroatoms. The van der Waals surface area contributed by atoms with E-state index in [1.54, 1.807) is 6.20 Å². The van der Waals surface area contributed by atoms with Crippen LogP contribution in [-0.4, -0.2) is 16.0 Å². The van der Waals surface area contributed by atoms with Gasteiger partial charge in [-0.1, -0.05) is 6.07 Å². The summed E-state index contributed by atoms with van der Waals surface area (Å²) in [5, 5.41) is 3.48. The lowest BCUT2D eigenvalue weighted by atomic mass is 10.2. The molecule has 2 heterocycles. The lowest BCUT2D eigenvalue weighted by Crippen LogP contribution is -2.15. The van der Waals surface area contributed by atoms with Gasteiger partial charge in [-0.15, -0.1) is 0 Å². The molecule has 0 atom stereocenters. The molecule has 3 rings (SSSR count). The molecule has 1 aliphatic carbocycles. The molecule has 104 valence electrons. The molecule has 0 bridgehead atoms. The van der Waals surface area contributed by atoms with Gasteiger partial charge >= 0.3 is 0 Å². The van der Waals surface area contributed by atoms with Crippen LogP contribution in [0.1, 0.15) is 29.8 Å². The van der Waals surface area contributed by atoms with Crippen LogP contribution in [0.15, 0.2) is 36.7 Å². The fourth-order valence-corrected chi connectivity index (χ4v) is 1.89. The molecule has 0 aromatic carbocycles. The zero-order valence-corrected chi connectivity index (χ0v) is 11.7. The Labute approximate surface area is 119 Å². The maximum Gasteiger partial charge on any atom is 0.138 e. The van der Waals surface area contributed by atoms with Gasteiger partial charge in [0.25, 0.3) is 0 Å². The zero-order valence-electron chi connectivity index (χ0n) is 11.7. The number of ether oxygens (including phenoxy) is 1. The van der Waals surface area contributed by atoms with Gasteiger partial charge in [-0.2, -0.15) is 0 Å². The van der Waals surface area contributed by atoms with Crippen LogP contribution in [0.4, 0.5) is 0 Å². The number of aryl methyl sites for hydroxylation is 1. The maximum absolute atomic E-state index is 5.65. The second-order valence-electron chi connectivity index (χ2n) is 5.24. The molecule has 1 aliphatic rings. The SMILES string of the molecule is Cc1ccc(OCc2ccc(CNC3CC3)cn2)cn1. The fourth-order valence-electron chi connectivity index (χ4n) is 1.89. The van der Waals surface area contributed by atoms with E-state index in [1.807, 2.05) is 31.3 Å². The zero-order chi connectivity index (χ0) is 13.8. The maximum atomic E-state index is 5.65. The Morgan fingerprint density at radius 1 is 1.15 bits per heavy atom. The molecule has 20 heavy (non-hydrogen) atoms. The van der Waals surface area contributed by atoms with Crippen molar-refractivity contribution < 1.29 is 4.74 Å². The van der Waals surface area contributed by atoms with E-state index >= 15 is 0 Å². The normalized spacial score (nSPS) is 14.2. The number of rotatable bonds is 6. The molecule has 4 nitrogen and oxygen atoms in total. The first-order chi connectivity index (χ1) is 9.79. The van der Waals surface area contributed by atoms with Crippen molar-refractivity contribution in [1.29, 1.82) is 0 Å². The van der Waals surface area contributed by atoms with Crippen molar-refractivity contribution in [2.75, 3.05) is 0 Å². The van der Waals surface area contributed by atoms with Crippen molar-refractivity contribution >= 4 is 0 Å². The smallest absolute Gasteiger partial charge is 0.138 e. The van der Waals surface area contributed by atoms with E-state index in [0.717, 1.165) is 29.7 Å². The summed E-state index contributed by atoms with van der Waals surface area (Å²) >= 11 is 0. The number of hydrogen-bond donors (Lipinski definition) is 1. The number of nitrogens with one attached hydrogen (secondary N) is 1. The van der Waals surface area contributed by atoms with Crippen LogP contribution in [0.2, 0.25) is 0 Å². The van der Waals surface area contributed by atoms with Gasteiger partial charge in [-0.05, 0) is 43.5 Å². The highest BCUT2D eigenvalue weighted by Gasteiger charge is 2.19. The van der Waals surface area contributed by atoms with Gasteiger partial charge in [-0.25, -0.2) is 0 Å². The Balaban J connectivity index is 1.50. The van der Waals surface area contributed by atoms with E-state index in [4.69, 9.17) is 4.74 Å². The molecular weight excluding hydrogens is 250 g/mol. The monoisotopic (exact) mass is 269 g/mol. The highest BCUT2D eigenvalue weighted by Crippen LogP contribution is 2.19. The molecule has 2 aromatic rings. The highest BCUT2D eigenvalue weighted by atomic mass is 16.5. The van der Waals surface area contributed by atoms with E-state index in [1.165, 1.54) is 18.4 Å². The van der Waals surface area contributed by atoms with E-state index in [2.05, 4.69) is 21.4 Å². The summed E-state index contributed by atoms with van der Waals surface area (Å²) in [4.78, 5) is 8.62. The average molecular weight is 269 g/mol. The molecule has 0 aliphatic heterocycles. The number of hydrogen-bond acceptors (Lipinski definition) is 4. The molecule has 0 spiro atoms. The number of aromatic nitrogens is 2. The number of pyridine rings is 2. The van der Waals surface area contributed by atoms with Crippen LogP contribution >= 0.6 is 0 Å². The molecular formula is C16H19N3O. The summed E-state index contributed by atoms with van der Waals surface area (Å²) in [6.07, 6.45) is 6.28. The summed E-state index contributed by atoms with van der Waals surface area (Å²) < 4.78 is 5.65. The third-order valence-corrected chi connectivity index (χ3v) is 3.33. The van der Waals surface area contributed by atoms with Crippen LogP contribution in [0.5, 0.6) is 5.75 Å². The Morgan fingerprint density at radius 3 is 2.70 bits per heavy atom. The standard InChI is InChI=1S/C16H19N3O/c1-12-2-7-16(10-17-12)20-11-15-4-3-13(9-19-15)8-18-14-5-6-14/h2-4,7,9-10,14,18H,5-6,8,11H2,1H3. The predicted molar refractivity (Wildman–Crippen MR) is 77.4 cm³/mol. The van der Waals surface area contributed by atoms with Gasteiger partial charge in [0.2, 0.25) is 0 Å². The molecule has 1 fully saturated rings. The van der Waals surface area contributed by atoms with E-state index < -0.39 is 0 Å². The van der Waals surface area contributed by atoms with Gasteiger partial charge < -0.3 is 10.1 Å². The molecule has 0 radical (unpaired) electrons. The second-order valence-corrected chi connectivity index (χ2v) is 5.24. The van der Waals surface area contributed by atoms with Gasteiger partial charge in [0.05, 0.1) is 11.9 Å². The minimum absolute atomic E-state index is 0.473. The molecule has 1 N–H and O–H groups in total. The van der Waals surface area contributed by atoms with Crippen molar-refractivity contribution in [1.82, 2.24) is 15.3 Å². The van der Waals surface area contributed by atoms with Gasteiger partial charge in [-0.3, -0.25) is 9.97 Å². The van der Waals surface area contributed by atoms with Crippen molar-refractivity contribution in [3.05, 3.63) is 53.6 Å². The molecule has 0 amide bonds. The Hall–Kier alpha value is -1.94. The third kappa shape index (κ3) is 3.78. The minimum Gasteiger partial charge on any atom is -0.486 e. The molecule has 2 aromatic heterocycles. The molecule has 0 saturated heterocycles.